The third-order valence-electron chi connectivity index (χ3n) is 6.40. The van der Waals surface area contributed by atoms with Crippen molar-refractivity contribution in [2.75, 3.05) is 20.3 Å². The monoisotopic (exact) mass is 537 g/mol. The van der Waals surface area contributed by atoms with Crippen molar-refractivity contribution in [2.24, 2.45) is 4.99 Å². The van der Waals surface area contributed by atoms with Crippen molar-refractivity contribution in [3.63, 3.8) is 0 Å². The lowest BCUT2D eigenvalue weighted by Crippen LogP contribution is -2.38. The number of esters is 1. The Morgan fingerprint density at radius 3 is 2.47 bits per heavy atom. The molecule has 2 aromatic carbocycles. The Kier molecular flexibility index (Phi) is 9.01. The van der Waals surface area contributed by atoms with Crippen LogP contribution >= 0.6 is 11.8 Å². The number of halogens is 1. The molecule has 0 spiro atoms. The molecular weight excluding hydrogens is 505 g/mol. The molecule has 9 heteroatoms. The van der Waals surface area contributed by atoms with Gasteiger partial charge in [-0.05, 0) is 47.1 Å². The van der Waals surface area contributed by atoms with Crippen LogP contribution in [0.3, 0.4) is 0 Å². The van der Waals surface area contributed by atoms with Crippen LogP contribution in [-0.4, -0.2) is 42.3 Å². The first-order valence-corrected chi connectivity index (χ1v) is 13.4. The highest BCUT2D eigenvalue weighted by molar-refractivity contribution is 8.16. The number of rotatable bonds is 10. The van der Waals surface area contributed by atoms with Crippen LogP contribution in [0.4, 0.5) is 4.39 Å². The summed E-state index contributed by atoms with van der Waals surface area (Å²) in [5.41, 5.74) is 4.65. The third kappa shape index (κ3) is 6.34. The number of carbonyl (C=O) groups excluding carboxylic acids is 2. The summed E-state index contributed by atoms with van der Waals surface area (Å²) in [6, 6.07) is 13.7. The number of amides is 1. The Hall–Kier alpha value is -3.43. The van der Waals surface area contributed by atoms with E-state index in [1.807, 2.05) is 22.4 Å². The fourth-order valence-corrected chi connectivity index (χ4v) is 5.30. The molecule has 1 N–H and O–H groups in total. The maximum Gasteiger partial charge on any atom is 0.338 e. The van der Waals surface area contributed by atoms with Gasteiger partial charge < -0.3 is 19.7 Å². The summed E-state index contributed by atoms with van der Waals surface area (Å²) in [6.45, 7) is 6.78. The van der Waals surface area contributed by atoms with Gasteiger partial charge in [0.05, 0.1) is 30.3 Å². The van der Waals surface area contributed by atoms with Gasteiger partial charge in [0.2, 0.25) is 5.91 Å². The largest absolute Gasteiger partial charge is 0.460 e. The molecule has 0 saturated heterocycles. The number of methoxy groups -OCH3 is 1. The zero-order valence-corrected chi connectivity index (χ0v) is 22.8. The number of nitrogens with zero attached hydrogens (tertiary/aromatic N) is 2. The SMILES string of the molecule is COCCOC(=O)C1=C(C)N=C2SC=C(CC(=O)NCc3ccc(F)cc3)N2[C@@H]1c1ccc(C(C)C)cc1. The standard InChI is InChI=1S/C29H32FN3O4S/c1-18(2)21-7-9-22(10-8-21)27-26(28(35)37-14-13-36-4)19(3)32-29-33(27)24(17-38-29)15-25(34)31-16-20-5-11-23(30)12-6-20/h5-12,17-18,27H,13-16H2,1-4H3,(H,31,34)/t27-/m1/s1. The number of fused-ring (bicyclic) bond motifs is 1. The molecule has 1 atom stereocenters. The zero-order valence-electron chi connectivity index (χ0n) is 22.0. The maximum absolute atomic E-state index is 13.3. The van der Waals surface area contributed by atoms with E-state index in [0.717, 1.165) is 16.8 Å². The highest BCUT2D eigenvalue weighted by Crippen LogP contribution is 2.45. The maximum atomic E-state index is 13.3. The summed E-state index contributed by atoms with van der Waals surface area (Å²) in [5, 5.41) is 5.50. The number of hydrogen-bond donors (Lipinski definition) is 1. The van der Waals surface area contributed by atoms with Gasteiger partial charge in [-0.15, -0.1) is 0 Å². The third-order valence-corrected chi connectivity index (χ3v) is 7.29. The lowest BCUT2D eigenvalue weighted by atomic mass is 9.92. The molecule has 2 aliphatic heterocycles. The second kappa shape index (κ2) is 12.4. The Morgan fingerprint density at radius 2 is 1.82 bits per heavy atom. The van der Waals surface area contributed by atoms with Crippen LogP contribution in [0, 0.1) is 5.82 Å². The summed E-state index contributed by atoms with van der Waals surface area (Å²) in [7, 11) is 1.55. The van der Waals surface area contributed by atoms with E-state index in [-0.39, 0.29) is 31.3 Å². The van der Waals surface area contributed by atoms with Crippen molar-refractivity contribution in [3.8, 4) is 0 Å². The van der Waals surface area contributed by atoms with Crippen LogP contribution in [0.2, 0.25) is 0 Å². The van der Waals surface area contributed by atoms with E-state index in [0.29, 0.717) is 29.0 Å². The molecule has 4 rings (SSSR count). The number of amidine groups is 1. The second-order valence-electron chi connectivity index (χ2n) is 9.42. The molecular formula is C29H32FN3O4S. The average Bonchev–Trinajstić information content (AvgIpc) is 3.29. The molecule has 2 heterocycles. The Balaban J connectivity index is 1.59. The molecule has 38 heavy (non-hydrogen) atoms. The lowest BCUT2D eigenvalue weighted by Gasteiger charge is -2.36. The highest BCUT2D eigenvalue weighted by Gasteiger charge is 2.41. The molecule has 0 fully saturated rings. The van der Waals surface area contributed by atoms with Crippen molar-refractivity contribution in [1.29, 1.82) is 0 Å². The molecule has 0 radical (unpaired) electrons. The normalized spacial score (nSPS) is 16.8. The van der Waals surface area contributed by atoms with E-state index in [1.165, 1.54) is 29.5 Å². The van der Waals surface area contributed by atoms with E-state index in [9.17, 15) is 14.0 Å². The van der Waals surface area contributed by atoms with Crippen molar-refractivity contribution in [1.82, 2.24) is 10.2 Å². The van der Waals surface area contributed by atoms with E-state index >= 15 is 0 Å². The fourth-order valence-electron chi connectivity index (χ4n) is 4.33. The second-order valence-corrected chi connectivity index (χ2v) is 10.3. The van der Waals surface area contributed by atoms with Gasteiger partial charge in [0.25, 0.3) is 0 Å². The molecule has 0 bridgehead atoms. The van der Waals surface area contributed by atoms with Crippen LogP contribution < -0.4 is 5.32 Å². The number of benzene rings is 2. The quantitative estimate of drug-likeness (QED) is 0.322. The van der Waals surface area contributed by atoms with Gasteiger partial charge in [0.15, 0.2) is 5.17 Å². The summed E-state index contributed by atoms with van der Waals surface area (Å²) in [4.78, 5) is 32.8. The van der Waals surface area contributed by atoms with Gasteiger partial charge in [0.1, 0.15) is 12.4 Å². The Labute approximate surface area is 226 Å². The van der Waals surface area contributed by atoms with Gasteiger partial charge in [-0.25, -0.2) is 14.2 Å². The summed E-state index contributed by atoms with van der Waals surface area (Å²) in [6.07, 6.45) is 0.0961. The van der Waals surface area contributed by atoms with Gasteiger partial charge in [-0.1, -0.05) is 62.0 Å². The van der Waals surface area contributed by atoms with E-state index in [4.69, 9.17) is 9.47 Å². The fraction of sp³-hybridized carbons (Fsp3) is 0.345. The molecule has 7 nitrogen and oxygen atoms in total. The van der Waals surface area contributed by atoms with Crippen LogP contribution in [0.25, 0.3) is 0 Å². The van der Waals surface area contributed by atoms with Gasteiger partial charge in [0, 0.05) is 19.4 Å². The van der Waals surface area contributed by atoms with Crippen LogP contribution in [-0.2, 0) is 25.6 Å². The first-order chi connectivity index (χ1) is 18.3. The van der Waals surface area contributed by atoms with Crippen LogP contribution in [0.15, 0.2) is 75.9 Å². The number of nitrogens with one attached hydrogen (secondary N) is 1. The highest BCUT2D eigenvalue weighted by atomic mass is 32.2. The molecule has 2 aliphatic rings. The molecule has 1 amide bonds. The van der Waals surface area contributed by atoms with E-state index < -0.39 is 12.0 Å². The zero-order chi connectivity index (χ0) is 27.2. The van der Waals surface area contributed by atoms with Crippen molar-refractivity contribution < 1.29 is 23.5 Å². The van der Waals surface area contributed by atoms with Gasteiger partial charge in [-0.3, -0.25) is 4.79 Å². The van der Waals surface area contributed by atoms with E-state index in [1.54, 1.807) is 26.2 Å². The molecule has 0 aliphatic carbocycles. The Bertz CT molecular complexity index is 1270. The minimum absolute atomic E-state index is 0.0961. The molecule has 0 unspecified atom stereocenters. The summed E-state index contributed by atoms with van der Waals surface area (Å²) >= 11 is 1.42. The van der Waals surface area contributed by atoms with Crippen molar-refractivity contribution in [2.45, 2.75) is 45.7 Å². The van der Waals surface area contributed by atoms with E-state index in [2.05, 4.69) is 36.3 Å². The minimum Gasteiger partial charge on any atom is -0.460 e. The van der Waals surface area contributed by atoms with Crippen LogP contribution in [0.1, 0.15) is 55.8 Å². The number of allylic oxidation sites excluding steroid dienone is 1. The number of thioether (sulfide) groups is 1. The number of hydrogen-bond acceptors (Lipinski definition) is 7. The first kappa shape index (κ1) is 27.6. The van der Waals surface area contributed by atoms with Crippen molar-refractivity contribution in [3.05, 3.63) is 93.4 Å². The van der Waals surface area contributed by atoms with Crippen molar-refractivity contribution >= 4 is 28.8 Å². The molecule has 0 aromatic heterocycles. The minimum atomic E-state index is -0.495. The predicted molar refractivity (Wildman–Crippen MR) is 147 cm³/mol. The smallest absolute Gasteiger partial charge is 0.338 e. The van der Waals surface area contributed by atoms with Gasteiger partial charge in [-0.2, -0.15) is 0 Å². The number of ether oxygens (including phenoxy) is 2. The topological polar surface area (TPSA) is 80.2 Å². The van der Waals surface area contributed by atoms with Gasteiger partial charge >= 0.3 is 5.97 Å². The average molecular weight is 538 g/mol. The number of aliphatic imine (C=N–C) groups is 1. The first-order valence-electron chi connectivity index (χ1n) is 12.5. The summed E-state index contributed by atoms with van der Waals surface area (Å²) < 4.78 is 23.8. The molecule has 200 valence electrons. The molecule has 2 aromatic rings. The van der Waals surface area contributed by atoms with Crippen LogP contribution in [0.5, 0.6) is 0 Å². The summed E-state index contributed by atoms with van der Waals surface area (Å²) in [5.74, 6) is -0.604. The molecule has 0 saturated carbocycles. The predicted octanol–water partition coefficient (Wildman–Crippen LogP) is 5.42. The number of carbonyl (C=O) groups is 2. The lowest BCUT2D eigenvalue weighted by molar-refractivity contribution is -0.141. The Morgan fingerprint density at radius 1 is 1.11 bits per heavy atom.